The van der Waals surface area contributed by atoms with Crippen LogP contribution in [0.1, 0.15) is 33.6 Å². The van der Waals surface area contributed by atoms with Gasteiger partial charge in [-0.2, -0.15) is 0 Å². The number of carbonyl (C=O) groups excluding carboxylic acids is 2. The van der Waals surface area contributed by atoms with E-state index in [9.17, 15) is 14.7 Å². The number of rotatable bonds is 9. The zero-order valence-corrected chi connectivity index (χ0v) is 12.2. The zero-order valence-electron chi connectivity index (χ0n) is 12.2. The third-order valence-corrected chi connectivity index (χ3v) is 3.16. The van der Waals surface area contributed by atoms with Crippen molar-refractivity contribution in [3.8, 4) is 0 Å². The largest absolute Gasteiger partial charge is 0.467 e. The van der Waals surface area contributed by atoms with E-state index in [-0.39, 0.29) is 18.4 Å². The Bertz CT molecular complexity index is 280. The highest BCUT2D eigenvalue weighted by Gasteiger charge is 2.21. The molecule has 112 valence electrons. The van der Waals surface area contributed by atoms with Gasteiger partial charge in [-0.3, -0.25) is 4.79 Å². The molecule has 1 amide bonds. The summed E-state index contributed by atoms with van der Waals surface area (Å²) in [6, 6.07) is -0.726. The summed E-state index contributed by atoms with van der Waals surface area (Å²) in [6.07, 6.45) is 1.36. The summed E-state index contributed by atoms with van der Waals surface area (Å²) >= 11 is 0. The fourth-order valence-electron chi connectivity index (χ4n) is 1.96. The Morgan fingerprint density at radius 3 is 2.21 bits per heavy atom. The van der Waals surface area contributed by atoms with Crippen molar-refractivity contribution in [1.82, 2.24) is 10.6 Å². The molecule has 0 saturated carbocycles. The van der Waals surface area contributed by atoms with Gasteiger partial charge in [-0.15, -0.1) is 0 Å². The molecule has 6 nitrogen and oxygen atoms in total. The number of nitrogens with one attached hydrogen (secondary N) is 2. The summed E-state index contributed by atoms with van der Waals surface area (Å²) in [6.45, 7) is 6.04. The van der Waals surface area contributed by atoms with Crippen LogP contribution in [0.15, 0.2) is 0 Å². The molecule has 0 aromatic heterocycles. The highest BCUT2D eigenvalue weighted by Crippen LogP contribution is 2.12. The summed E-state index contributed by atoms with van der Waals surface area (Å²) in [5.74, 6) is -0.553. The van der Waals surface area contributed by atoms with Crippen LogP contribution in [0.3, 0.4) is 0 Å². The van der Waals surface area contributed by atoms with Crippen LogP contribution in [0, 0.1) is 5.92 Å². The first-order valence-electron chi connectivity index (χ1n) is 6.69. The fourth-order valence-corrected chi connectivity index (χ4v) is 1.96. The van der Waals surface area contributed by atoms with Crippen LogP contribution in [0.25, 0.3) is 0 Å². The van der Waals surface area contributed by atoms with Crippen LogP contribution >= 0.6 is 0 Å². The number of carbonyl (C=O) groups is 2. The van der Waals surface area contributed by atoms with Gasteiger partial charge in [0.25, 0.3) is 0 Å². The molecular weight excluding hydrogens is 248 g/mol. The van der Waals surface area contributed by atoms with Gasteiger partial charge in [-0.1, -0.05) is 26.7 Å². The van der Waals surface area contributed by atoms with E-state index < -0.39 is 18.1 Å². The minimum atomic E-state index is -0.726. The molecule has 3 N–H and O–H groups in total. The lowest BCUT2D eigenvalue weighted by Crippen LogP contribution is -2.48. The van der Waals surface area contributed by atoms with Crippen molar-refractivity contribution >= 4 is 11.9 Å². The standard InChI is InChI=1S/C13H26N2O4/c1-5-10(6-2)12(17)8-14-7-11(13(18)19-4)15-9(3)16/h10-12,14,17H,5-8H2,1-4H3,(H,15,16). The summed E-state index contributed by atoms with van der Waals surface area (Å²) in [5.41, 5.74) is 0. The first-order chi connectivity index (χ1) is 8.96. The fraction of sp³-hybridized carbons (Fsp3) is 0.846. The number of esters is 1. The Morgan fingerprint density at radius 1 is 1.21 bits per heavy atom. The average molecular weight is 274 g/mol. The van der Waals surface area contributed by atoms with Crippen molar-refractivity contribution in [2.45, 2.75) is 45.8 Å². The summed E-state index contributed by atoms with van der Waals surface area (Å²) < 4.78 is 4.60. The number of methoxy groups -OCH3 is 1. The second-order valence-electron chi connectivity index (χ2n) is 4.58. The highest BCUT2D eigenvalue weighted by molar-refractivity contribution is 5.83. The lowest BCUT2D eigenvalue weighted by atomic mass is 9.96. The molecular formula is C13H26N2O4. The van der Waals surface area contributed by atoms with Crippen molar-refractivity contribution in [3.63, 3.8) is 0 Å². The van der Waals surface area contributed by atoms with Crippen LogP contribution in [-0.2, 0) is 14.3 Å². The molecule has 6 heteroatoms. The summed E-state index contributed by atoms with van der Waals surface area (Å²) in [5, 5.41) is 15.4. The number of ether oxygens (including phenoxy) is 1. The molecule has 0 fully saturated rings. The van der Waals surface area contributed by atoms with Gasteiger partial charge in [-0.25, -0.2) is 4.79 Å². The Labute approximate surface area is 114 Å². The van der Waals surface area contributed by atoms with Crippen LogP contribution < -0.4 is 10.6 Å². The van der Waals surface area contributed by atoms with Crippen molar-refractivity contribution in [2.24, 2.45) is 5.92 Å². The molecule has 2 unspecified atom stereocenters. The number of hydrogen-bond donors (Lipinski definition) is 3. The van der Waals surface area contributed by atoms with E-state index in [1.54, 1.807) is 0 Å². The average Bonchev–Trinajstić information content (AvgIpc) is 2.37. The lowest BCUT2D eigenvalue weighted by Gasteiger charge is -2.22. The van der Waals surface area contributed by atoms with Gasteiger partial charge in [0.05, 0.1) is 13.2 Å². The molecule has 0 bridgehead atoms. The molecule has 0 radical (unpaired) electrons. The molecule has 19 heavy (non-hydrogen) atoms. The summed E-state index contributed by atoms with van der Waals surface area (Å²) in [4.78, 5) is 22.4. The van der Waals surface area contributed by atoms with Crippen molar-refractivity contribution in [2.75, 3.05) is 20.2 Å². The van der Waals surface area contributed by atoms with Gasteiger partial charge in [0.2, 0.25) is 5.91 Å². The maximum absolute atomic E-state index is 11.4. The molecule has 0 aromatic carbocycles. The zero-order chi connectivity index (χ0) is 14.8. The molecule has 0 saturated heterocycles. The third-order valence-electron chi connectivity index (χ3n) is 3.16. The van der Waals surface area contributed by atoms with Gasteiger partial charge in [0.1, 0.15) is 6.04 Å². The Kier molecular flexibility index (Phi) is 9.16. The molecule has 0 heterocycles. The first-order valence-corrected chi connectivity index (χ1v) is 6.69. The molecule has 2 atom stereocenters. The Balaban J connectivity index is 4.18. The number of aliphatic hydroxyl groups is 1. The molecule has 0 aromatic rings. The van der Waals surface area contributed by atoms with Gasteiger partial charge in [-0.05, 0) is 5.92 Å². The van der Waals surface area contributed by atoms with E-state index in [2.05, 4.69) is 15.4 Å². The van der Waals surface area contributed by atoms with Crippen LogP contribution in [0.2, 0.25) is 0 Å². The number of aliphatic hydroxyl groups excluding tert-OH is 1. The topological polar surface area (TPSA) is 87.7 Å². The van der Waals surface area contributed by atoms with E-state index in [0.717, 1.165) is 12.8 Å². The van der Waals surface area contributed by atoms with Crippen molar-refractivity contribution in [1.29, 1.82) is 0 Å². The van der Waals surface area contributed by atoms with E-state index in [1.807, 2.05) is 13.8 Å². The normalized spacial score (nSPS) is 14.0. The monoisotopic (exact) mass is 274 g/mol. The smallest absolute Gasteiger partial charge is 0.329 e. The Morgan fingerprint density at radius 2 is 1.79 bits per heavy atom. The van der Waals surface area contributed by atoms with Crippen LogP contribution in [0.5, 0.6) is 0 Å². The van der Waals surface area contributed by atoms with Crippen molar-refractivity contribution in [3.05, 3.63) is 0 Å². The predicted octanol–water partition coefficient (Wildman–Crippen LogP) is 0.0508. The Hall–Kier alpha value is -1.14. The van der Waals surface area contributed by atoms with Crippen molar-refractivity contribution < 1.29 is 19.4 Å². The minimum Gasteiger partial charge on any atom is -0.467 e. The maximum Gasteiger partial charge on any atom is 0.329 e. The second kappa shape index (κ2) is 9.75. The molecule has 0 aliphatic carbocycles. The second-order valence-corrected chi connectivity index (χ2v) is 4.58. The maximum atomic E-state index is 11.4. The predicted molar refractivity (Wildman–Crippen MR) is 72.6 cm³/mol. The van der Waals surface area contributed by atoms with E-state index in [4.69, 9.17) is 0 Å². The van der Waals surface area contributed by atoms with E-state index in [1.165, 1.54) is 14.0 Å². The quantitative estimate of drug-likeness (QED) is 0.517. The lowest BCUT2D eigenvalue weighted by molar-refractivity contribution is -0.144. The van der Waals surface area contributed by atoms with E-state index in [0.29, 0.717) is 6.54 Å². The molecule has 0 spiro atoms. The molecule has 0 aliphatic heterocycles. The molecule has 0 rings (SSSR count). The highest BCUT2D eigenvalue weighted by atomic mass is 16.5. The van der Waals surface area contributed by atoms with Gasteiger partial charge >= 0.3 is 5.97 Å². The summed E-state index contributed by atoms with van der Waals surface area (Å²) in [7, 11) is 1.27. The SMILES string of the molecule is CCC(CC)C(O)CNCC(NC(C)=O)C(=O)OC. The van der Waals surface area contributed by atoms with Gasteiger partial charge < -0.3 is 20.5 Å². The van der Waals surface area contributed by atoms with Gasteiger partial charge in [0, 0.05) is 20.0 Å². The molecule has 0 aliphatic rings. The van der Waals surface area contributed by atoms with E-state index >= 15 is 0 Å². The first kappa shape index (κ1) is 17.9. The van der Waals surface area contributed by atoms with Crippen LogP contribution in [0.4, 0.5) is 0 Å². The minimum absolute atomic E-state index is 0.240. The number of amides is 1. The van der Waals surface area contributed by atoms with Crippen LogP contribution in [-0.4, -0.2) is 49.3 Å². The third kappa shape index (κ3) is 7.12. The van der Waals surface area contributed by atoms with Gasteiger partial charge in [0.15, 0.2) is 0 Å². The number of hydrogen-bond acceptors (Lipinski definition) is 5.